The van der Waals surface area contributed by atoms with Crippen LogP contribution in [0.5, 0.6) is 0 Å². The third-order valence-electron chi connectivity index (χ3n) is 5.81. The molecule has 5 heteroatoms. The molecule has 0 N–H and O–H groups in total. The summed E-state index contributed by atoms with van der Waals surface area (Å²) in [5, 5.41) is 3.77. The van der Waals surface area contributed by atoms with Crippen molar-refractivity contribution in [3.05, 3.63) is 16.5 Å². The van der Waals surface area contributed by atoms with Crippen LogP contribution in [0, 0.1) is 19.8 Å². The predicted octanol–water partition coefficient (Wildman–Crippen LogP) is 5.37. The number of rotatable bonds is 2. The fraction of sp³-hybridized carbons (Fsp3) is 0.762. The maximum absolute atomic E-state index is 12.3. The van der Waals surface area contributed by atoms with Gasteiger partial charge in [0.15, 0.2) is 0 Å². The number of hydrogen-bond acceptors (Lipinski definition) is 4. The van der Waals surface area contributed by atoms with E-state index in [0.29, 0.717) is 12.0 Å². The highest BCUT2D eigenvalue weighted by atomic mass is 32.1. The molecule has 4 nitrogen and oxygen atoms in total. The van der Waals surface area contributed by atoms with Gasteiger partial charge in [-0.05, 0) is 89.1 Å². The van der Waals surface area contributed by atoms with Gasteiger partial charge in [0.05, 0.1) is 5.00 Å². The lowest BCUT2D eigenvalue weighted by Gasteiger charge is -2.44. The van der Waals surface area contributed by atoms with Gasteiger partial charge in [-0.1, -0.05) is 0 Å². The van der Waals surface area contributed by atoms with E-state index < -0.39 is 5.60 Å². The Labute approximate surface area is 162 Å². The van der Waals surface area contributed by atoms with Crippen molar-refractivity contribution in [2.75, 3.05) is 24.5 Å². The minimum Gasteiger partial charge on any atom is -0.444 e. The Morgan fingerprint density at radius 3 is 2.38 bits per heavy atom. The van der Waals surface area contributed by atoms with Crippen molar-refractivity contribution in [2.45, 2.75) is 78.4 Å². The van der Waals surface area contributed by atoms with Gasteiger partial charge in [-0.3, -0.25) is 0 Å². The number of hydrogen-bond donors (Lipinski definition) is 0. The minimum atomic E-state index is -0.414. The summed E-state index contributed by atoms with van der Waals surface area (Å²) >= 11 is 1.90. The van der Waals surface area contributed by atoms with E-state index in [1.807, 2.05) is 37.0 Å². The minimum absolute atomic E-state index is 0.152. The molecule has 0 aromatic carbocycles. The number of amides is 1. The molecule has 3 rings (SSSR count). The van der Waals surface area contributed by atoms with E-state index >= 15 is 0 Å². The molecule has 0 aliphatic carbocycles. The number of anilines is 1. The highest BCUT2D eigenvalue weighted by molar-refractivity contribution is 7.14. The molecule has 2 saturated heterocycles. The van der Waals surface area contributed by atoms with Crippen molar-refractivity contribution in [3.8, 4) is 0 Å². The van der Waals surface area contributed by atoms with Gasteiger partial charge in [-0.15, -0.1) is 11.3 Å². The normalized spacial score (nSPS) is 22.6. The molecule has 0 bridgehead atoms. The van der Waals surface area contributed by atoms with E-state index in [2.05, 4.69) is 24.1 Å². The predicted molar refractivity (Wildman–Crippen MR) is 109 cm³/mol. The zero-order valence-electron chi connectivity index (χ0n) is 17.0. The van der Waals surface area contributed by atoms with Crippen LogP contribution in [0.3, 0.4) is 0 Å². The second-order valence-electron chi connectivity index (χ2n) is 8.91. The first-order valence-corrected chi connectivity index (χ1v) is 10.9. The van der Waals surface area contributed by atoms with Crippen molar-refractivity contribution in [3.63, 3.8) is 0 Å². The second-order valence-corrected chi connectivity index (χ2v) is 9.77. The van der Waals surface area contributed by atoms with Gasteiger partial charge in [0.25, 0.3) is 0 Å². The van der Waals surface area contributed by atoms with Gasteiger partial charge in [-0.25, -0.2) is 4.79 Å². The summed E-state index contributed by atoms with van der Waals surface area (Å²) in [5.41, 5.74) is 2.45. The fourth-order valence-electron chi connectivity index (χ4n) is 4.27. The monoisotopic (exact) mass is 378 g/mol. The molecule has 3 heterocycles. The number of carbonyl (C=O) groups is 1. The Hall–Kier alpha value is -1.23. The van der Waals surface area contributed by atoms with Crippen LogP contribution in [0.15, 0.2) is 5.38 Å². The van der Waals surface area contributed by atoms with E-state index in [9.17, 15) is 4.79 Å². The van der Waals surface area contributed by atoms with E-state index in [4.69, 9.17) is 4.74 Å². The molecule has 1 atom stereocenters. The van der Waals surface area contributed by atoms with Crippen LogP contribution in [-0.2, 0) is 4.74 Å². The number of nitrogens with zero attached hydrogens (tertiary/aromatic N) is 2. The van der Waals surface area contributed by atoms with Crippen LogP contribution in [0.25, 0.3) is 0 Å². The average molecular weight is 379 g/mol. The van der Waals surface area contributed by atoms with Gasteiger partial charge in [-0.2, -0.15) is 0 Å². The molecular formula is C21H34N2O2S. The molecule has 2 aliphatic rings. The van der Waals surface area contributed by atoms with Crippen LogP contribution < -0.4 is 4.90 Å². The van der Waals surface area contributed by atoms with Crippen LogP contribution in [0.2, 0.25) is 0 Å². The van der Waals surface area contributed by atoms with Crippen molar-refractivity contribution in [1.29, 1.82) is 0 Å². The van der Waals surface area contributed by atoms with Gasteiger partial charge in [0.2, 0.25) is 0 Å². The Morgan fingerprint density at radius 2 is 1.81 bits per heavy atom. The lowest BCUT2D eigenvalue weighted by atomic mass is 9.83. The SMILES string of the molecule is Cc1csc(N2CCCCC2C2CCN(C(=O)OC(C)(C)C)CC2)c1C. The van der Waals surface area contributed by atoms with Crippen LogP contribution in [0.4, 0.5) is 9.80 Å². The molecule has 1 aromatic rings. The van der Waals surface area contributed by atoms with Crippen molar-refractivity contribution < 1.29 is 9.53 Å². The largest absolute Gasteiger partial charge is 0.444 e. The topological polar surface area (TPSA) is 32.8 Å². The smallest absolute Gasteiger partial charge is 0.410 e. The molecule has 0 radical (unpaired) electrons. The van der Waals surface area contributed by atoms with Crippen LogP contribution in [0.1, 0.15) is 64.0 Å². The third kappa shape index (κ3) is 4.36. The van der Waals surface area contributed by atoms with Gasteiger partial charge in [0, 0.05) is 25.7 Å². The molecule has 0 spiro atoms. The van der Waals surface area contributed by atoms with Gasteiger partial charge >= 0.3 is 6.09 Å². The number of aryl methyl sites for hydroxylation is 1. The highest BCUT2D eigenvalue weighted by Gasteiger charge is 2.35. The molecule has 1 amide bonds. The molecule has 146 valence electrons. The van der Waals surface area contributed by atoms with E-state index in [-0.39, 0.29) is 6.09 Å². The molecule has 2 fully saturated rings. The number of carbonyl (C=O) groups excluding carboxylic acids is 1. The van der Waals surface area contributed by atoms with Gasteiger partial charge in [0.1, 0.15) is 5.60 Å². The third-order valence-corrected chi connectivity index (χ3v) is 7.04. The first kappa shape index (κ1) is 19.5. The summed E-state index contributed by atoms with van der Waals surface area (Å²) in [6, 6.07) is 0.626. The van der Waals surface area contributed by atoms with E-state index in [0.717, 1.165) is 25.9 Å². The molecule has 0 saturated carbocycles. The zero-order valence-corrected chi connectivity index (χ0v) is 17.8. The van der Waals surface area contributed by atoms with Crippen LogP contribution in [-0.4, -0.2) is 42.3 Å². The lowest BCUT2D eigenvalue weighted by Crippen LogP contribution is -2.49. The van der Waals surface area contributed by atoms with Crippen molar-refractivity contribution >= 4 is 22.4 Å². The summed E-state index contributed by atoms with van der Waals surface area (Å²) in [4.78, 5) is 16.9. The van der Waals surface area contributed by atoms with Crippen molar-refractivity contribution in [1.82, 2.24) is 4.90 Å². The zero-order chi connectivity index (χ0) is 18.9. The number of likely N-dealkylation sites (tertiary alicyclic amines) is 1. The summed E-state index contributed by atoms with van der Waals surface area (Å²) in [6.45, 7) is 13.1. The number of piperidine rings is 2. The first-order valence-electron chi connectivity index (χ1n) is 10.1. The molecule has 26 heavy (non-hydrogen) atoms. The quantitative estimate of drug-likeness (QED) is 0.693. The maximum Gasteiger partial charge on any atom is 0.410 e. The molecule has 1 unspecified atom stereocenters. The summed E-state index contributed by atoms with van der Waals surface area (Å²) < 4.78 is 5.55. The van der Waals surface area contributed by atoms with Crippen molar-refractivity contribution in [2.24, 2.45) is 5.92 Å². The van der Waals surface area contributed by atoms with Gasteiger partial charge < -0.3 is 14.5 Å². The second kappa shape index (κ2) is 7.79. The number of thiophene rings is 1. The first-order chi connectivity index (χ1) is 12.3. The Bertz CT molecular complexity index is 626. The fourth-order valence-corrected chi connectivity index (χ4v) is 5.43. The lowest BCUT2D eigenvalue weighted by molar-refractivity contribution is 0.0170. The Morgan fingerprint density at radius 1 is 1.12 bits per heavy atom. The summed E-state index contributed by atoms with van der Waals surface area (Å²) in [6.07, 6.45) is 5.93. The standard InChI is InChI=1S/C21H34N2O2S/c1-15-14-26-19(16(15)2)23-11-7-6-8-18(23)17-9-12-22(13-10-17)20(24)25-21(3,4)5/h14,17-18H,6-13H2,1-5H3. The van der Waals surface area contributed by atoms with E-state index in [1.54, 1.807) is 0 Å². The molecular weight excluding hydrogens is 344 g/mol. The average Bonchev–Trinajstić information content (AvgIpc) is 2.93. The Kier molecular flexibility index (Phi) is 5.85. The summed E-state index contributed by atoms with van der Waals surface area (Å²) in [5.74, 6) is 0.677. The van der Waals surface area contributed by atoms with E-state index in [1.165, 1.54) is 41.9 Å². The maximum atomic E-state index is 12.3. The Balaban J connectivity index is 1.64. The highest BCUT2D eigenvalue weighted by Crippen LogP contribution is 2.39. The number of ether oxygens (including phenoxy) is 1. The van der Waals surface area contributed by atoms with Crippen LogP contribution >= 0.6 is 11.3 Å². The molecule has 2 aliphatic heterocycles. The molecule has 1 aromatic heterocycles. The summed E-state index contributed by atoms with van der Waals surface area (Å²) in [7, 11) is 0.